The SMILES string of the molecule is CC(=O)O.COc1ccc([C@H](Nc2ccc(C(=N)N)c(F)c2)c2nn(-c3ccccc3C(=O)O)c(=O)[nH]2)cc1OC. The number of aromatic carboxylic acids is 1. The van der Waals surface area contributed by atoms with Gasteiger partial charge < -0.3 is 30.7 Å². The summed E-state index contributed by atoms with van der Waals surface area (Å²) in [6, 6.07) is 14.2. The average Bonchev–Trinajstić information content (AvgIpc) is 3.31. The molecule has 0 unspecified atom stereocenters. The highest BCUT2D eigenvalue weighted by Crippen LogP contribution is 2.33. The van der Waals surface area contributed by atoms with Crippen LogP contribution in [0.3, 0.4) is 0 Å². The fourth-order valence-corrected chi connectivity index (χ4v) is 3.80. The monoisotopic (exact) mass is 566 g/mol. The standard InChI is InChI=1S/C25H23FN6O5.C2H4O2/c1-36-19-10-7-13(11-20(19)37-2)21(29-14-8-9-15(22(27)28)17(26)12-14)23-30-25(35)32(31-23)18-6-4-3-5-16(18)24(33)34;1-2(3)4/h3-12,21,29H,1-2H3,(H3,27,28)(H,33,34)(H,30,31,35);1H3,(H,3,4)/t21-;/m0./s1. The van der Waals surface area contributed by atoms with Gasteiger partial charge in [0.05, 0.1) is 31.0 Å². The van der Waals surface area contributed by atoms with E-state index in [0.717, 1.165) is 11.6 Å². The second-order valence-corrected chi connectivity index (χ2v) is 8.37. The summed E-state index contributed by atoms with van der Waals surface area (Å²) < 4.78 is 26.2. The number of carboxylic acid groups (broad SMARTS) is 2. The van der Waals surface area contributed by atoms with Crippen LogP contribution in [-0.4, -0.2) is 57.0 Å². The molecule has 4 aromatic rings. The minimum Gasteiger partial charge on any atom is -0.493 e. The number of benzene rings is 3. The molecule has 41 heavy (non-hydrogen) atoms. The Hall–Kier alpha value is -5.66. The Kier molecular flexibility index (Phi) is 9.42. The van der Waals surface area contributed by atoms with Gasteiger partial charge >= 0.3 is 11.7 Å². The number of carbonyl (C=O) groups is 2. The number of hydrogen-bond donors (Lipinski definition) is 6. The third kappa shape index (κ3) is 7.06. The molecule has 0 aliphatic heterocycles. The Bertz CT molecular complexity index is 1650. The van der Waals surface area contributed by atoms with Gasteiger partial charge in [0.25, 0.3) is 5.97 Å². The van der Waals surface area contributed by atoms with E-state index in [1.807, 2.05) is 0 Å². The summed E-state index contributed by atoms with van der Waals surface area (Å²) in [7, 11) is 2.96. The number of nitrogens with two attached hydrogens (primary N) is 1. The average molecular weight is 567 g/mol. The number of anilines is 1. The Morgan fingerprint density at radius 2 is 1.71 bits per heavy atom. The summed E-state index contributed by atoms with van der Waals surface area (Å²) in [6.07, 6.45) is 0. The van der Waals surface area contributed by atoms with Crippen molar-refractivity contribution in [2.24, 2.45) is 5.73 Å². The molecule has 1 atom stereocenters. The quantitative estimate of drug-likeness (QED) is 0.129. The second kappa shape index (κ2) is 12.9. The van der Waals surface area contributed by atoms with Crippen LogP contribution in [0.15, 0.2) is 65.5 Å². The van der Waals surface area contributed by atoms with E-state index in [1.165, 1.54) is 44.6 Å². The zero-order chi connectivity index (χ0) is 30.3. The molecular formula is C27H27FN6O7. The van der Waals surface area contributed by atoms with Crippen molar-refractivity contribution in [3.8, 4) is 17.2 Å². The van der Waals surface area contributed by atoms with Crippen LogP contribution in [-0.2, 0) is 4.79 Å². The van der Waals surface area contributed by atoms with Crippen molar-refractivity contribution in [3.05, 3.63) is 99.5 Å². The first kappa shape index (κ1) is 29.9. The third-order valence-corrected chi connectivity index (χ3v) is 5.58. The Labute approximate surface area is 232 Å². The van der Waals surface area contributed by atoms with Crippen LogP contribution in [0.4, 0.5) is 10.1 Å². The number of ether oxygens (including phenoxy) is 2. The lowest BCUT2D eigenvalue weighted by atomic mass is 10.0. The number of amidine groups is 1. The normalized spacial score (nSPS) is 11.0. The topological polar surface area (TPSA) is 206 Å². The van der Waals surface area contributed by atoms with E-state index in [-0.39, 0.29) is 22.6 Å². The van der Waals surface area contributed by atoms with Crippen LogP contribution < -0.4 is 26.2 Å². The highest BCUT2D eigenvalue weighted by atomic mass is 19.1. The van der Waals surface area contributed by atoms with Gasteiger partial charge in [0.1, 0.15) is 17.7 Å². The van der Waals surface area contributed by atoms with E-state index in [4.69, 9.17) is 30.5 Å². The van der Waals surface area contributed by atoms with Crippen molar-refractivity contribution in [1.29, 1.82) is 5.41 Å². The predicted octanol–water partition coefficient (Wildman–Crippen LogP) is 2.99. The maximum atomic E-state index is 14.6. The fourth-order valence-electron chi connectivity index (χ4n) is 3.80. The third-order valence-electron chi connectivity index (χ3n) is 5.58. The van der Waals surface area contributed by atoms with E-state index < -0.39 is 35.3 Å². The second-order valence-electron chi connectivity index (χ2n) is 8.37. The molecule has 0 amide bonds. The lowest BCUT2D eigenvalue weighted by Gasteiger charge is -2.20. The minimum atomic E-state index is -1.22. The highest BCUT2D eigenvalue weighted by molar-refractivity contribution is 5.95. The molecule has 4 rings (SSSR count). The van der Waals surface area contributed by atoms with Gasteiger partial charge in [0, 0.05) is 12.6 Å². The number of aromatic amines is 1. The van der Waals surface area contributed by atoms with Gasteiger partial charge in [-0.1, -0.05) is 18.2 Å². The van der Waals surface area contributed by atoms with Crippen LogP contribution >= 0.6 is 0 Å². The first-order chi connectivity index (χ1) is 19.5. The summed E-state index contributed by atoms with van der Waals surface area (Å²) in [6.45, 7) is 1.08. The van der Waals surface area contributed by atoms with Crippen molar-refractivity contribution in [3.63, 3.8) is 0 Å². The molecular weight excluding hydrogens is 539 g/mol. The lowest BCUT2D eigenvalue weighted by Crippen LogP contribution is -2.18. The van der Waals surface area contributed by atoms with Gasteiger partial charge in [0.2, 0.25) is 0 Å². The van der Waals surface area contributed by atoms with Crippen LogP contribution in [0.5, 0.6) is 11.5 Å². The van der Waals surface area contributed by atoms with Crippen molar-refractivity contribution in [2.45, 2.75) is 13.0 Å². The van der Waals surface area contributed by atoms with Gasteiger partial charge in [-0.15, -0.1) is 5.10 Å². The van der Waals surface area contributed by atoms with Gasteiger partial charge in [-0.25, -0.2) is 14.0 Å². The maximum Gasteiger partial charge on any atom is 0.348 e. The van der Waals surface area contributed by atoms with E-state index in [1.54, 1.807) is 30.3 Å². The Balaban J connectivity index is 0.00000108. The number of carboxylic acids is 2. The molecule has 3 aromatic carbocycles. The zero-order valence-electron chi connectivity index (χ0n) is 22.1. The number of rotatable bonds is 9. The first-order valence-electron chi connectivity index (χ1n) is 11.8. The van der Waals surface area contributed by atoms with Crippen LogP contribution in [0.2, 0.25) is 0 Å². The van der Waals surface area contributed by atoms with Gasteiger partial charge in [-0.05, 0) is 48.0 Å². The van der Waals surface area contributed by atoms with Gasteiger partial charge in [0.15, 0.2) is 17.3 Å². The molecule has 0 bridgehead atoms. The highest BCUT2D eigenvalue weighted by Gasteiger charge is 2.24. The first-order valence-corrected chi connectivity index (χ1v) is 11.8. The number of nitrogens with one attached hydrogen (secondary N) is 3. The smallest absolute Gasteiger partial charge is 0.348 e. The molecule has 7 N–H and O–H groups in total. The number of nitrogen functional groups attached to an aromatic ring is 1. The fraction of sp³-hybridized carbons (Fsp3) is 0.148. The molecule has 14 heteroatoms. The lowest BCUT2D eigenvalue weighted by molar-refractivity contribution is -0.134. The van der Waals surface area contributed by atoms with Crippen LogP contribution in [0.25, 0.3) is 5.69 Å². The molecule has 0 radical (unpaired) electrons. The minimum absolute atomic E-state index is 0.0591. The molecule has 214 valence electrons. The van der Waals surface area contributed by atoms with E-state index in [9.17, 15) is 19.1 Å². The van der Waals surface area contributed by atoms with E-state index in [0.29, 0.717) is 22.7 Å². The molecule has 0 fully saturated rings. The molecule has 1 aromatic heterocycles. The van der Waals surface area contributed by atoms with Gasteiger partial charge in [-0.3, -0.25) is 15.2 Å². The summed E-state index contributed by atoms with van der Waals surface area (Å²) in [5.41, 5.74) is 5.53. The number of methoxy groups -OCH3 is 2. The van der Waals surface area contributed by atoms with Crippen molar-refractivity contribution in [1.82, 2.24) is 14.8 Å². The zero-order valence-corrected chi connectivity index (χ0v) is 22.1. The number of para-hydroxylation sites is 1. The summed E-state index contributed by atoms with van der Waals surface area (Å²) in [4.78, 5) is 36.2. The van der Waals surface area contributed by atoms with E-state index in [2.05, 4.69) is 15.4 Å². The number of nitrogens with zero attached hydrogens (tertiary/aromatic N) is 2. The molecule has 1 heterocycles. The van der Waals surface area contributed by atoms with Crippen molar-refractivity contribution < 1.29 is 33.7 Å². The van der Waals surface area contributed by atoms with Crippen molar-refractivity contribution in [2.75, 3.05) is 19.5 Å². The number of H-pyrrole nitrogens is 1. The molecule has 13 nitrogen and oxygen atoms in total. The number of halogens is 1. The molecule has 0 aliphatic rings. The van der Waals surface area contributed by atoms with Crippen LogP contribution in [0, 0.1) is 11.2 Å². The number of aromatic nitrogens is 3. The Morgan fingerprint density at radius 1 is 1.05 bits per heavy atom. The molecule has 0 saturated heterocycles. The van der Waals surface area contributed by atoms with Crippen LogP contribution in [0.1, 0.15) is 40.3 Å². The maximum absolute atomic E-state index is 14.6. The molecule has 0 aliphatic carbocycles. The Morgan fingerprint density at radius 3 is 2.29 bits per heavy atom. The largest absolute Gasteiger partial charge is 0.493 e. The summed E-state index contributed by atoms with van der Waals surface area (Å²) in [5.74, 6) is -2.19. The molecule has 0 saturated carbocycles. The van der Waals surface area contributed by atoms with Crippen molar-refractivity contribution >= 4 is 23.5 Å². The molecule has 0 spiro atoms. The predicted molar refractivity (Wildman–Crippen MR) is 147 cm³/mol. The summed E-state index contributed by atoms with van der Waals surface area (Å²) >= 11 is 0. The number of aliphatic carboxylic acids is 1. The van der Waals surface area contributed by atoms with E-state index >= 15 is 0 Å². The van der Waals surface area contributed by atoms with Gasteiger partial charge in [-0.2, -0.15) is 4.68 Å². The summed E-state index contributed by atoms with van der Waals surface area (Å²) in [5, 5.41) is 32.0. The number of hydrogen-bond acceptors (Lipinski definition) is 8.